The van der Waals surface area contributed by atoms with Gasteiger partial charge in [-0.3, -0.25) is 14.6 Å². The number of piperazine rings is 1. The molecule has 1 aliphatic rings. The molecule has 1 fully saturated rings. The van der Waals surface area contributed by atoms with Crippen LogP contribution in [0.15, 0.2) is 48.7 Å². The van der Waals surface area contributed by atoms with Crippen LogP contribution in [0, 0.1) is 0 Å². The van der Waals surface area contributed by atoms with Crippen molar-refractivity contribution in [3.63, 3.8) is 0 Å². The number of hydrogen-bond acceptors (Lipinski definition) is 4. The molecule has 4 rings (SSSR count). The summed E-state index contributed by atoms with van der Waals surface area (Å²) in [6, 6.07) is 12.1. The van der Waals surface area contributed by atoms with Gasteiger partial charge in [-0.2, -0.15) is 0 Å². The summed E-state index contributed by atoms with van der Waals surface area (Å²) < 4.78 is 5.77. The highest BCUT2D eigenvalue weighted by molar-refractivity contribution is 6.31. The molecule has 30 heavy (non-hydrogen) atoms. The highest BCUT2D eigenvalue weighted by Gasteiger charge is 2.32. The second-order valence-electron chi connectivity index (χ2n) is 7.35. The summed E-state index contributed by atoms with van der Waals surface area (Å²) in [5.74, 6) is -0.0580. The van der Waals surface area contributed by atoms with Gasteiger partial charge in [0, 0.05) is 65.4 Å². The van der Waals surface area contributed by atoms with Gasteiger partial charge in [-0.1, -0.05) is 23.2 Å². The number of halogens is 2. The SMILES string of the molecule is O=C(O)[C@@H](c1c[nH]c2ccc(Cl)cc12)N1CCN(CCOc2ccc(Cl)cc2)CC1. The van der Waals surface area contributed by atoms with Crippen molar-refractivity contribution in [2.24, 2.45) is 0 Å². The molecule has 0 saturated carbocycles. The van der Waals surface area contributed by atoms with Crippen LogP contribution in [0.5, 0.6) is 5.75 Å². The first-order valence-electron chi connectivity index (χ1n) is 9.85. The van der Waals surface area contributed by atoms with Crippen molar-refractivity contribution in [3.05, 3.63) is 64.3 Å². The second-order valence-corrected chi connectivity index (χ2v) is 8.23. The smallest absolute Gasteiger partial charge is 0.325 e. The Morgan fingerprint density at radius 3 is 2.47 bits per heavy atom. The molecule has 2 aromatic carbocycles. The number of benzene rings is 2. The number of rotatable bonds is 7. The maximum atomic E-state index is 12.1. The van der Waals surface area contributed by atoms with Crippen molar-refractivity contribution in [1.82, 2.24) is 14.8 Å². The van der Waals surface area contributed by atoms with Gasteiger partial charge in [0.2, 0.25) is 0 Å². The third-order valence-electron chi connectivity index (χ3n) is 5.47. The molecule has 6 nitrogen and oxygen atoms in total. The summed E-state index contributed by atoms with van der Waals surface area (Å²) in [6.45, 7) is 4.28. The molecule has 0 spiro atoms. The first-order chi connectivity index (χ1) is 14.5. The van der Waals surface area contributed by atoms with E-state index in [0.29, 0.717) is 29.7 Å². The molecule has 1 aromatic heterocycles. The fourth-order valence-corrected chi connectivity index (χ4v) is 4.19. The van der Waals surface area contributed by atoms with Gasteiger partial charge in [0.1, 0.15) is 18.4 Å². The molecule has 0 amide bonds. The Morgan fingerprint density at radius 1 is 1.07 bits per heavy atom. The zero-order valence-electron chi connectivity index (χ0n) is 16.4. The Morgan fingerprint density at radius 2 is 1.77 bits per heavy atom. The Hall–Kier alpha value is -2.25. The number of carboxylic acids is 1. The van der Waals surface area contributed by atoms with E-state index < -0.39 is 12.0 Å². The van der Waals surface area contributed by atoms with Crippen molar-refractivity contribution in [3.8, 4) is 5.75 Å². The van der Waals surface area contributed by atoms with Crippen LogP contribution in [0.25, 0.3) is 10.9 Å². The lowest BCUT2D eigenvalue weighted by Crippen LogP contribution is -2.50. The van der Waals surface area contributed by atoms with Gasteiger partial charge in [0.15, 0.2) is 0 Å². The zero-order chi connectivity index (χ0) is 21.1. The minimum Gasteiger partial charge on any atom is -0.492 e. The summed E-state index contributed by atoms with van der Waals surface area (Å²) in [5, 5.41) is 12.1. The molecule has 0 unspecified atom stereocenters. The highest BCUT2D eigenvalue weighted by atomic mass is 35.5. The van der Waals surface area contributed by atoms with Crippen LogP contribution in [-0.4, -0.2) is 65.2 Å². The monoisotopic (exact) mass is 447 g/mol. The van der Waals surface area contributed by atoms with E-state index in [9.17, 15) is 9.90 Å². The first kappa shape index (κ1) is 21.0. The zero-order valence-corrected chi connectivity index (χ0v) is 17.9. The molecule has 0 bridgehead atoms. The van der Waals surface area contributed by atoms with Gasteiger partial charge in [-0.25, -0.2) is 0 Å². The number of nitrogens with zero attached hydrogens (tertiary/aromatic N) is 2. The number of fused-ring (bicyclic) bond motifs is 1. The van der Waals surface area contributed by atoms with Crippen LogP contribution >= 0.6 is 23.2 Å². The van der Waals surface area contributed by atoms with E-state index in [1.54, 1.807) is 24.4 Å². The van der Waals surface area contributed by atoms with Gasteiger partial charge in [0.25, 0.3) is 0 Å². The molecule has 1 aliphatic heterocycles. The fourth-order valence-electron chi connectivity index (χ4n) is 3.90. The van der Waals surface area contributed by atoms with E-state index in [-0.39, 0.29) is 0 Å². The lowest BCUT2D eigenvalue weighted by molar-refractivity contribution is -0.144. The van der Waals surface area contributed by atoms with E-state index in [4.69, 9.17) is 27.9 Å². The molecule has 2 heterocycles. The third-order valence-corrected chi connectivity index (χ3v) is 5.95. The van der Waals surface area contributed by atoms with Gasteiger partial charge in [-0.05, 0) is 42.5 Å². The largest absolute Gasteiger partial charge is 0.492 e. The van der Waals surface area contributed by atoms with Crippen molar-refractivity contribution in [1.29, 1.82) is 0 Å². The van der Waals surface area contributed by atoms with Gasteiger partial charge in [-0.15, -0.1) is 0 Å². The predicted octanol–water partition coefficient (Wildman–Crippen LogP) is 4.30. The van der Waals surface area contributed by atoms with Crippen LogP contribution in [0.3, 0.4) is 0 Å². The molecule has 158 valence electrons. The third kappa shape index (κ3) is 4.73. The number of nitrogens with one attached hydrogen (secondary N) is 1. The number of hydrogen-bond donors (Lipinski definition) is 2. The topological polar surface area (TPSA) is 68.8 Å². The Bertz CT molecular complexity index is 1010. The molecule has 0 aliphatic carbocycles. The van der Waals surface area contributed by atoms with Crippen LogP contribution in [0.2, 0.25) is 10.0 Å². The summed E-state index contributed by atoms with van der Waals surface area (Å²) in [7, 11) is 0. The van der Waals surface area contributed by atoms with E-state index in [0.717, 1.165) is 41.9 Å². The number of ether oxygens (including phenoxy) is 1. The van der Waals surface area contributed by atoms with E-state index in [1.807, 2.05) is 29.2 Å². The van der Waals surface area contributed by atoms with Crippen molar-refractivity contribution in [2.45, 2.75) is 6.04 Å². The maximum absolute atomic E-state index is 12.1. The molecule has 8 heteroatoms. The molecule has 3 aromatic rings. The maximum Gasteiger partial charge on any atom is 0.325 e. The van der Waals surface area contributed by atoms with Crippen LogP contribution < -0.4 is 4.74 Å². The number of aliphatic carboxylic acids is 1. The average molecular weight is 448 g/mol. The van der Waals surface area contributed by atoms with Crippen LogP contribution in [-0.2, 0) is 4.79 Å². The van der Waals surface area contributed by atoms with E-state index in [2.05, 4.69) is 9.88 Å². The molecule has 0 radical (unpaired) electrons. The highest BCUT2D eigenvalue weighted by Crippen LogP contribution is 2.31. The standard InChI is InChI=1S/C22H23Cl2N3O3/c23-15-1-4-17(5-2-15)30-12-11-26-7-9-27(10-8-26)21(22(28)29)19-14-25-20-6-3-16(24)13-18(19)20/h1-6,13-14,21,25H,7-12H2,(H,28,29)/t21-/m1/s1. The van der Waals surface area contributed by atoms with Crippen LogP contribution in [0.1, 0.15) is 11.6 Å². The van der Waals surface area contributed by atoms with Gasteiger partial charge in [0.05, 0.1) is 0 Å². The average Bonchev–Trinajstić information content (AvgIpc) is 3.13. The summed E-state index contributed by atoms with van der Waals surface area (Å²) in [6.07, 6.45) is 1.78. The Balaban J connectivity index is 1.36. The van der Waals surface area contributed by atoms with Gasteiger partial charge < -0.3 is 14.8 Å². The van der Waals surface area contributed by atoms with Crippen LogP contribution in [0.4, 0.5) is 0 Å². The first-order valence-corrected chi connectivity index (χ1v) is 10.6. The normalized spacial score (nSPS) is 16.6. The lowest BCUT2D eigenvalue weighted by atomic mass is 10.0. The Kier molecular flexibility index (Phi) is 6.49. The molecular formula is C22H23Cl2N3O3. The predicted molar refractivity (Wildman–Crippen MR) is 119 cm³/mol. The van der Waals surface area contributed by atoms with Crippen molar-refractivity contribution in [2.75, 3.05) is 39.3 Å². The molecule has 1 atom stereocenters. The minimum absolute atomic E-state index is 0.574. The Labute approximate surface area is 184 Å². The molecule has 2 N–H and O–H groups in total. The van der Waals surface area contributed by atoms with Crippen molar-refractivity contribution >= 4 is 40.1 Å². The van der Waals surface area contributed by atoms with E-state index >= 15 is 0 Å². The summed E-state index contributed by atoms with van der Waals surface area (Å²) in [4.78, 5) is 19.6. The molecular weight excluding hydrogens is 425 g/mol. The van der Waals surface area contributed by atoms with E-state index in [1.165, 1.54) is 0 Å². The fraction of sp³-hybridized carbons (Fsp3) is 0.318. The minimum atomic E-state index is -0.851. The van der Waals surface area contributed by atoms with Gasteiger partial charge >= 0.3 is 5.97 Å². The summed E-state index contributed by atoms with van der Waals surface area (Å²) >= 11 is 12.0. The lowest BCUT2D eigenvalue weighted by Gasteiger charge is -2.37. The quantitative estimate of drug-likeness (QED) is 0.564. The second kappa shape index (κ2) is 9.27. The number of aromatic amines is 1. The number of carboxylic acid groups (broad SMARTS) is 1. The van der Waals surface area contributed by atoms with Crippen molar-refractivity contribution < 1.29 is 14.6 Å². The molecule has 1 saturated heterocycles. The summed E-state index contributed by atoms with van der Waals surface area (Å²) in [5.41, 5.74) is 1.64. The number of aromatic nitrogens is 1. The number of H-pyrrole nitrogens is 1. The number of carbonyl (C=O) groups is 1.